The summed E-state index contributed by atoms with van der Waals surface area (Å²) >= 11 is 0. The van der Waals surface area contributed by atoms with Crippen molar-refractivity contribution in [1.29, 1.82) is 0 Å². The average Bonchev–Trinajstić information content (AvgIpc) is 3.70. The molecule has 9 nitrogen and oxygen atoms in total. The molecule has 6 N–H and O–H groups in total. The number of carbonyl (C=O) groups excluding carboxylic acids is 1. The van der Waals surface area contributed by atoms with E-state index in [2.05, 4.69) is 43.5 Å². The molecule has 7 unspecified atom stereocenters. The third-order valence-electron chi connectivity index (χ3n) is 18.9. The zero-order valence-corrected chi connectivity index (χ0v) is 58.5. The second-order valence-corrected chi connectivity index (χ2v) is 27.5. The lowest BCUT2D eigenvalue weighted by atomic mass is 9.99. The lowest BCUT2D eigenvalue weighted by Crippen LogP contribution is -2.60. The van der Waals surface area contributed by atoms with Crippen LogP contribution in [0.25, 0.3) is 0 Å². The number of rotatable bonds is 70. The molecule has 0 aromatic rings. The van der Waals surface area contributed by atoms with E-state index in [4.69, 9.17) is 9.47 Å². The van der Waals surface area contributed by atoms with Crippen molar-refractivity contribution in [3.63, 3.8) is 0 Å². The fourth-order valence-corrected chi connectivity index (χ4v) is 12.8. The van der Waals surface area contributed by atoms with Crippen LogP contribution in [0.15, 0.2) is 36.5 Å². The van der Waals surface area contributed by atoms with Gasteiger partial charge in [0.05, 0.1) is 25.4 Å². The minimum atomic E-state index is -1.58. The zero-order valence-electron chi connectivity index (χ0n) is 58.5. The smallest absolute Gasteiger partial charge is 0.220 e. The van der Waals surface area contributed by atoms with Crippen LogP contribution < -0.4 is 5.32 Å². The number of aliphatic hydroxyl groups is 5. The summed E-state index contributed by atoms with van der Waals surface area (Å²) in [4.78, 5) is 13.2. The number of carbonyl (C=O) groups is 1. The van der Waals surface area contributed by atoms with Crippen LogP contribution in [0, 0.1) is 0 Å². The lowest BCUT2D eigenvalue weighted by Gasteiger charge is -2.40. The number of hydrogen-bond acceptors (Lipinski definition) is 8. The molecule has 1 heterocycles. The molecule has 0 aromatic heterocycles. The maximum Gasteiger partial charge on any atom is 0.220 e. The molecule has 0 aliphatic carbocycles. The summed E-state index contributed by atoms with van der Waals surface area (Å²) in [5.41, 5.74) is 0. The van der Waals surface area contributed by atoms with E-state index >= 15 is 0 Å². The van der Waals surface area contributed by atoms with Gasteiger partial charge in [0.1, 0.15) is 24.4 Å². The van der Waals surface area contributed by atoms with E-state index in [9.17, 15) is 30.3 Å². The van der Waals surface area contributed by atoms with E-state index in [-0.39, 0.29) is 12.5 Å². The summed E-state index contributed by atoms with van der Waals surface area (Å²) in [6.45, 7) is 3.82. The second-order valence-electron chi connectivity index (χ2n) is 27.5. The van der Waals surface area contributed by atoms with Crippen LogP contribution in [0.2, 0.25) is 0 Å². The van der Waals surface area contributed by atoms with Crippen LogP contribution in [-0.2, 0) is 14.3 Å². The fourth-order valence-electron chi connectivity index (χ4n) is 12.8. The minimum absolute atomic E-state index is 0.182. The highest BCUT2D eigenvalue weighted by molar-refractivity contribution is 5.76. The molecule has 0 spiro atoms. The first-order valence-corrected chi connectivity index (χ1v) is 39.2. The van der Waals surface area contributed by atoms with Crippen LogP contribution in [0.1, 0.15) is 406 Å². The van der Waals surface area contributed by atoms with Crippen molar-refractivity contribution in [2.45, 2.75) is 448 Å². The summed E-state index contributed by atoms with van der Waals surface area (Å²) in [5.74, 6) is -0.182. The Balaban J connectivity index is 2.07. The van der Waals surface area contributed by atoms with Gasteiger partial charge in [0.2, 0.25) is 5.91 Å². The Morgan fingerprint density at radius 1 is 0.375 bits per heavy atom. The van der Waals surface area contributed by atoms with Crippen molar-refractivity contribution in [3.8, 4) is 0 Å². The van der Waals surface area contributed by atoms with E-state index in [1.54, 1.807) is 6.08 Å². The third-order valence-corrected chi connectivity index (χ3v) is 18.9. The molecule has 520 valence electrons. The van der Waals surface area contributed by atoms with Crippen LogP contribution in [0.5, 0.6) is 0 Å². The largest absolute Gasteiger partial charge is 0.394 e. The Morgan fingerprint density at radius 3 is 0.955 bits per heavy atom. The number of amides is 1. The molecule has 1 aliphatic rings. The third kappa shape index (κ3) is 56.0. The topological polar surface area (TPSA) is 149 Å². The molecule has 0 radical (unpaired) electrons. The molecule has 7 atom stereocenters. The van der Waals surface area contributed by atoms with Crippen molar-refractivity contribution in [2.75, 3.05) is 13.2 Å². The predicted molar refractivity (Wildman–Crippen MR) is 378 cm³/mol. The summed E-state index contributed by atoms with van der Waals surface area (Å²) in [6.07, 6.45) is 85.9. The van der Waals surface area contributed by atoms with Crippen LogP contribution in [0.4, 0.5) is 0 Å². The first kappa shape index (κ1) is 84.4. The van der Waals surface area contributed by atoms with E-state index in [0.717, 1.165) is 44.9 Å². The number of unbranched alkanes of at least 4 members (excludes halogenated alkanes) is 56. The molecule has 9 heteroatoms. The minimum Gasteiger partial charge on any atom is -0.394 e. The average molecular weight is 1240 g/mol. The van der Waals surface area contributed by atoms with Gasteiger partial charge in [-0.2, -0.15) is 0 Å². The quantitative estimate of drug-likeness (QED) is 0.0261. The fraction of sp³-hybridized carbons (Fsp3) is 0.911. The Labute approximate surface area is 546 Å². The maximum absolute atomic E-state index is 13.2. The standard InChI is InChI=1S/C79H151NO8/c1-3-5-7-9-11-13-15-17-19-21-23-25-27-29-31-32-33-34-35-36-37-38-39-40-41-43-45-47-49-51-53-55-57-59-61-63-65-67-69-75(83)80-72(71-87-79-78(86)77(85)76(84)74(70-81)88-79)73(82)68-66-64-62-60-58-56-54-52-50-48-46-44-42-30-28-26-24-22-20-18-16-14-12-10-8-6-4-2/h50,52,58,60,66,68,72-74,76-79,81-82,84-86H,3-49,51,53-57,59,61-65,67,69-71H2,1-2H3,(H,80,83)/b52-50+,60-58+,68-66+. The maximum atomic E-state index is 13.2. The Kier molecular flexibility index (Phi) is 65.5. The molecule has 1 aliphatic heterocycles. The van der Waals surface area contributed by atoms with Gasteiger partial charge in [0.15, 0.2) is 6.29 Å². The molecule has 0 aromatic carbocycles. The van der Waals surface area contributed by atoms with Crippen molar-refractivity contribution in [1.82, 2.24) is 5.32 Å². The van der Waals surface area contributed by atoms with Gasteiger partial charge in [-0.3, -0.25) is 4.79 Å². The summed E-state index contributed by atoms with van der Waals surface area (Å²) in [6, 6.07) is -0.828. The summed E-state index contributed by atoms with van der Waals surface area (Å²) < 4.78 is 11.3. The molecule has 1 fully saturated rings. The van der Waals surface area contributed by atoms with Crippen molar-refractivity contribution in [3.05, 3.63) is 36.5 Å². The molecule has 0 saturated carbocycles. The van der Waals surface area contributed by atoms with Gasteiger partial charge in [0.25, 0.3) is 0 Å². The first-order chi connectivity index (χ1) is 43.3. The molecule has 1 saturated heterocycles. The van der Waals surface area contributed by atoms with Gasteiger partial charge in [-0.1, -0.05) is 391 Å². The van der Waals surface area contributed by atoms with E-state index in [1.165, 1.54) is 340 Å². The molecular formula is C79H151NO8. The lowest BCUT2D eigenvalue weighted by molar-refractivity contribution is -0.302. The van der Waals surface area contributed by atoms with E-state index in [0.29, 0.717) is 6.42 Å². The van der Waals surface area contributed by atoms with Gasteiger partial charge in [-0.05, 0) is 44.9 Å². The molecular weight excluding hydrogens is 1090 g/mol. The van der Waals surface area contributed by atoms with E-state index < -0.39 is 49.5 Å². The molecule has 88 heavy (non-hydrogen) atoms. The van der Waals surface area contributed by atoms with Crippen molar-refractivity contribution >= 4 is 5.91 Å². The van der Waals surface area contributed by atoms with Gasteiger partial charge in [-0.15, -0.1) is 0 Å². The van der Waals surface area contributed by atoms with Crippen LogP contribution in [0.3, 0.4) is 0 Å². The first-order valence-electron chi connectivity index (χ1n) is 39.2. The molecule has 0 bridgehead atoms. The SMILES string of the molecule is CCCCCCCCCCCCCCCCCCC/C=C/CC/C=C/CC/C=C/C(O)C(COC1OC(CO)C(O)C(O)C1O)NC(=O)CCCCCCCCCCCCCCCCCCCCCCCCCCCCCCCCCCCCCCCC. The molecule has 1 rings (SSSR count). The molecule has 1 amide bonds. The van der Waals surface area contributed by atoms with Gasteiger partial charge < -0.3 is 40.3 Å². The number of allylic oxidation sites excluding steroid dienone is 5. The summed E-state index contributed by atoms with van der Waals surface area (Å²) in [7, 11) is 0. The van der Waals surface area contributed by atoms with Crippen molar-refractivity contribution in [2.24, 2.45) is 0 Å². The Morgan fingerprint density at radius 2 is 0.648 bits per heavy atom. The second kappa shape index (κ2) is 68.3. The van der Waals surface area contributed by atoms with Gasteiger partial charge in [0, 0.05) is 6.42 Å². The van der Waals surface area contributed by atoms with Crippen LogP contribution >= 0.6 is 0 Å². The monoisotopic (exact) mass is 1240 g/mol. The highest BCUT2D eigenvalue weighted by Crippen LogP contribution is 2.24. The Bertz CT molecular complexity index is 1490. The Hall–Kier alpha value is -1.59. The number of ether oxygens (including phenoxy) is 2. The highest BCUT2D eigenvalue weighted by Gasteiger charge is 2.44. The normalized spacial score (nSPS) is 18.0. The van der Waals surface area contributed by atoms with Gasteiger partial charge >= 0.3 is 0 Å². The number of aliphatic hydroxyl groups excluding tert-OH is 5. The van der Waals surface area contributed by atoms with Crippen molar-refractivity contribution < 1.29 is 39.8 Å². The number of nitrogens with one attached hydrogen (secondary N) is 1. The highest BCUT2D eigenvalue weighted by atomic mass is 16.7. The van der Waals surface area contributed by atoms with E-state index in [1.807, 2.05) is 6.08 Å². The van der Waals surface area contributed by atoms with Crippen LogP contribution in [-0.4, -0.2) is 87.5 Å². The summed E-state index contributed by atoms with van der Waals surface area (Å²) in [5, 5.41) is 54.8. The predicted octanol–water partition coefficient (Wildman–Crippen LogP) is 22.2. The zero-order chi connectivity index (χ0) is 63.5. The number of hydrogen-bond donors (Lipinski definition) is 6. The van der Waals surface area contributed by atoms with Gasteiger partial charge in [-0.25, -0.2) is 0 Å².